The zero-order valence-corrected chi connectivity index (χ0v) is 14.5. The molecule has 3 rings (SSSR count). The van der Waals surface area contributed by atoms with Gasteiger partial charge >= 0.3 is 0 Å². The van der Waals surface area contributed by atoms with Crippen LogP contribution in [0.15, 0.2) is 36.4 Å². The van der Waals surface area contributed by atoms with Crippen LogP contribution in [0, 0.1) is 0 Å². The molecule has 0 bridgehead atoms. The van der Waals surface area contributed by atoms with Crippen LogP contribution in [0.4, 0.5) is 0 Å². The van der Waals surface area contributed by atoms with Crippen LogP contribution in [0.5, 0.6) is 0 Å². The normalized spacial score (nSPS) is 18.0. The van der Waals surface area contributed by atoms with E-state index in [-0.39, 0.29) is 12.0 Å². The van der Waals surface area contributed by atoms with Gasteiger partial charge in [0.2, 0.25) is 5.91 Å². The van der Waals surface area contributed by atoms with Crippen LogP contribution in [0.3, 0.4) is 0 Å². The third-order valence-corrected chi connectivity index (χ3v) is 4.23. The highest BCUT2D eigenvalue weighted by molar-refractivity contribution is 5.76. The second-order valence-electron chi connectivity index (χ2n) is 6.04. The second-order valence-corrected chi connectivity index (χ2v) is 6.04. The van der Waals surface area contributed by atoms with E-state index in [4.69, 9.17) is 4.74 Å². The molecule has 1 aliphatic heterocycles. The molecule has 1 aromatic heterocycles. The fourth-order valence-corrected chi connectivity index (χ4v) is 2.79. The lowest BCUT2D eigenvalue weighted by atomic mass is 10.1. The number of aromatic nitrogens is 3. The van der Waals surface area contributed by atoms with Gasteiger partial charge in [-0.1, -0.05) is 49.4 Å². The van der Waals surface area contributed by atoms with Crippen molar-refractivity contribution in [1.82, 2.24) is 20.1 Å². The monoisotopic (exact) mass is 340 g/mol. The lowest BCUT2D eigenvalue weighted by Crippen LogP contribution is -2.42. The maximum absolute atomic E-state index is 12.4. The van der Waals surface area contributed by atoms with E-state index in [0.29, 0.717) is 31.9 Å². The average molecular weight is 340 g/mol. The zero-order chi connectivity index (χ0) is 17.5. The van der Waals surface area contributed by atoms with E-state index < -0.39 is 0 Å². The van der Waals surface area contributed by atoms with E-state index in [0.717, 1.165) is 24.2 Å². The van der Waals surface area contributed by atoms with E-state index in [2.05, 4.69) is 21.3 Å². The zero-order valence-electron chi connectivity index (χ0n) is 14.5. The number of H-pyrrole nitrogens is 1. The topological polar surface area (TPSA) is 71.1 Å². The molecular formula is C19H24N4O2. The highest BCUT2D eigenvalue weighted by Gasteiger charge is 2.27. The molecule has 1 unspecified atom stereocenters. The van der Waals surface area contributed by atoms with Crippen LogP contribution in [0.2, 0.25) is 0 Å². The Balaban J connectivity index is 1.49. The number of hydrogen-bond acceptors (Lipinski definition) is 4. The summed E-state index contributed by atoms with van der Waals surface area (Å²) in [5.41, 5.74) is 1.15. The van der Waals surface area contributed by atoms with Crippen LogP contribution in [0.1, 0.15) is 43.1 Å². The Morgan fingerprint density at radius 2 is 2.24 bits per heavy atom. The Kier molecular flexibility index (Phi) is 5.95. The van der Waals surface area contributed by atoms with Gasteiger partial charge in [0.1, 0.15) is 11.9 Å². The fraction of sp³-hybridized carbons (Fsp3) is 0.421. The van der Waals surface area contributed by atoms with Gasteiger partial charge in [-0.25, -0.2) is 4.98 Å². The number of hydrogen-bond donors (Lipinski definition) is 1. The van der Waals surface area contributed by atoms with Crippen molar-refractivity contribution in [1.29, 1.82) is 0 Å². The van der Waals surface area contributed by atoms with Crippen molar-refractivity contribution in [3.8, 4) is 0 Å². The van der Waals surface area contributed by atoms with Crippen LogP contribution >= 0.6 is 0 Å². The first-order chi connectivity index (χ1) is 12.3. The van der Waals surface area contributed by atoms with Gasteiger partial charge in [-0.2, -0.15) is 5.10 Å². The molecule has 25 heavy (non-hydrogen) atoms. The molecule has 1 saturated heterocycles. The molecule has 1 aliphatic rings. The number of ether oxygens (including phenoxy) is 1. The molecule has 0 spiro atoms. The molecule has 6 nitrogen and oxygen atoms in total. The fourth-order valence-electron chi connectivity index (χ4n) is 2.79. The van der Waals surface area contributed by atoms with E-state index >= 15 is 0 Å². The van der Waals surface area contributed by atoms with Crippen molar-refractivity contribution >= 4 is 12.0 Å². The summed E-state index contributed by atoms with van der Waals surface area (Å²) < 4.78 is 5.73. The molecular weight excluding hydrogens is 316 g/mol. The van der Waals surface area contributed by atoms with Crippen molar-refractivity contribution in [2.45, 2.75) is 32.3 Å². The number of aryl methyl sites for hydroxylation is 1. The molecule has 132 valence electrons. The van der Waals surface area contributed by atoms with Gasteiger partial charge in [0.05, 0.1) is 13.2 Å². The number of aromatic amines is 1. The Labute approximate surface area is 147 Å². The summed E-state index contributed by atoms with van der Waals surface area (Å²) in [6, 6.07) is 10.1. The van der Waals surface area contributed by atoms with Gasteiger partial charge in [-0.3, -0.25) is 9.89 Å². The highest BCUT2D eigenvalue weighted by atomic mass is 16.5. The van der Waals surface area contributed by atoms with E-state index in [9.17, 15) is 4.79 Å². The second kappa shape index (κ2) is 8.58. The Hall–Kier alpha value is -2.47. The number of rotatable bonds is 6. The molecule has 6 heteroatoms. The van der Waals surface area contributed by atoms with Gasteiger partial charge in [0.25, 0.3) is 0 Å². The van der Waals surface area contributed by atoms with Gasteiger partial charge in [-0.05, 0) is 12.0 Å². The number of nitrogens with zero attached hydrogens (tertiary/aromatic N) is 3. The lowest BCUT2D eigenvalue weighted by Gasteiger charge is -2.31. The molecule has 1 aromatic carbocycles. The number of benzene rings is 1. The van der Waals surface area contributed by atoms with E-state index in [1.807, 2.05) is 48.2 Å². The van der Waals surface area contributed by atoms with Crippen molar-refractivity contribution in [3.63, 3.8) is 0 Å². The number of nitrogens with one attached hydrogen (secondary N) is 1. The summed E-state index contributed by atoms with van der Waals surface area (Å²) in [5.74, 6) is 1.63. The van der Waals surface area contributed by atoms with Crippen molar-refractivity contribution in [3.05, 3.63) is 53.6 Å². The minimum absolute atomic E-state index is 0.150. The first-order valence-electron chi connectivity index (χ1n) is 8.78. The van der Waals surface area contributed by atoms with E-state index in [1.165, 1.54) is 0 Å². The largest absolute Gasteiger partial charge is 0.366 e. The molecule has 0 aliphatic carbocycles. The molecule has 2 aromatic rings. The quantitative estimate of drug-likeness (QED) is 0.878. The minimum Gasteiger partial charge on any atom is -0.366 e. The predicted molar refractivity (Wildman–Crippen MR) is 95.7 cm³/mol. The number of allylic oxidation sites excluding steroid dienone is 1. The van der Waals surface area contributed by atoms with Crippen molar-refractivity contribution < 1.29 is 9.53 Å². The van der Waals surface area contributed by atoms with Crippen molar-refractivity contribution in [2.75, 3.05) is 19.7 Å². The molecule has 0 radical (unpaired) electrons. The first-order valence-corrected chi connectivity index (χ1v) is 8.78. The third kappa shape index (κ3) is 4.76. The number of carbonyl (C=O) groups excluding carboxylic acids is 1. The van der Waals surface area contributed by atoms with Gasteiger partial charge in [-0.15, -0.1) is 0 Å². The molecule has 2 heterocycles. The molecule has 0 saturated carbocycles. The van der Waals surface area contributed by atoms with Crippen molar-refractivity contribution in [2.24, 2.45) is 0 Å². The number of morpholine rings is 1. The van der Waals surface area contributed by atoms with Gasteiger partial charge in [0, 0.05) is 19.4 Å². The summed E-state index contributed by atoms with van der Waals surface area (Å²) in [7, 11) is 0. The van der Waals surface area contributed by atoms with Gasteiger partial charge < -0.3 is 9.64 Å². The molecule has 1 fully saturated rings. The predicted octanol–water partition coefficient (Wildman–Crippen LogP) is 2.76. The average Bonchev–Trinajstić information content (AvgIpc) is 3.15. The lowest BCUT2D eigenvalue weighted by molar-refractivity contribution is -0.139. The minimum atomic E-state index is -0.242. The maximum atomic E-state index is 12.4. The number of carbonyl (C=O) groups is 1. The Morgan fingerprint density at radius 3 is 3.00 bits per heavy atom. The number of amides is 1. The molecule has 1 amide bonds. The van der Waals surface area contributed by atoms with E-state index in [1.54, 1.807) is 0 Å². The summed E-state index contributed by atoms with van der Waals surface area (Å²) in [6.07, 6.45) is 5.90. The van der Waals surface area contributed by atoms with Crippen LogP contribution in [-0.2, 0) is 16.0 Å². The van der Waals surface area contributed by atoms with Crippen LogP contribution in [-0.4, -0.2) is 45.7 Å². The molecule has 1 atom stereocenters. The van der Waals surface area contributed by atoms with Crippen LogP contribution in [0.25, 0.3) is 6.08 Å². The summed E-state index contributed by atoms with van der Waals surface area (Å²) in [6.45, 7) is 3.68. The summed E-state index contributed by atoms with van der Waals surface area (Å²) in [5, 5.41) is 7.10. The third-order valence-electron chi connectivity index (χ3n) is 4.23. The maximum Gasteiger partial charge on any atom is 0.223 e. The Bertz CT molecular complexity index is 711. The summed E-state index contributed by atoms with van der Waals surface area (Å²) >= 11 is 0. The SMILES string of the molecule is CCc1nc(C2CN(C(=O)CCC=Cc3ccccc3)CCO2)n[nH]1. The van der Waals surface area contributed by atoms with Gasteiger partial charge in [0.15, 0.2) is 5.82 Å². The highest BCUT2D eigenvalue weighted by Crippen LogP contribution is 2.20. The molecule has 1 N–H and O–H groups in total. The Morgan fingerprint density at radius 1 is 1.40 bits per heavy atom. The summed E-state index contributed by atoms with van der Waals surface area (Å²) in [4.78, 5) is 18.7. The van der Waals surface area contributed by atoms with Crippen LogP contribution < -0.4 is 0 Å². The standard InChI is InChI=1S/C19H24N4O2/c1-2-17-20-19(22-21-17)16-14-23(12-13-25-16)18(24)11-7-6-10-15-8-4-3-5-9-15/h3-6,8-10,16H,2,7,11-14H2,1H3,(H,20,21,22). The smallest absolute Gasteiger partial charge is 0.223 e. The first kappa shape index (κ1) is 17.4.